The molecule has 0 saturated carbocycles. The van der Waals surface area contributed by atoms with E-state index in [9.17, 15) is 0 Å². The standard InChI is InChI=1S/C15H26N2O2/c1-3-5-10-18-11-8-17-13-6-7-14(16)15(12-13)19-9-4-2/h6-7,12,17H,3-5,8-11,16H2,1-2H3. The monoisotopic (exact) mass is 266 g/mol. The highest BCUT2D eigenvalue weighted by Gasteiger charge is 2.01. The molecule has 108 valence electrons. The maximum Gasteiger partial charge on any atom is 0.144 e. The SMILES string of the molecule is CCCCOCCNc1ccc(N)c(OCCC)c1. The normalized spacial score (nSPS) is 10.4. The third-order valence-electron chi connectivity index (χ3n) is 2.69. The minimum absolute atomic E-state index is 0.679. The van der Waals surface area contributed by atoms with Gasteiger partial charge in [0.25, 0.3) is 0 Å². The van der Waals surface area contributed by atoms with Crippen LogP contribution in [0.3, 0.4) is 0 Å². The van der Waals surface area contributed by atoms with Gasteiger partial charge in [-0.15, -0.1) is 0 Å². The molecule has 0 saturated heterocycles. The molecule has 4 nitrogen and oxygen atoms in total. The van der Waals surface area contributed by atoms with Crippen LogP contribution in [0, 0.1) is 0 Å². The summed E-state index contributed by atoms with van der Waals surface area (Å²) in [6, 6.07) is 5.77. The number of unbranched alkanes of at least 4 members (excludes halogenated alkanes) is 1. The number of nitrogens with one attached hydrogen (secondary N) is 1. The lowest BCUT2D eigenvalue weighted by Crippen LogP contribution is -2.10. The van der Waals surface area contributed by atoms with Crippen molar-refractivity contribution in [2.24, 2.45) is 0 Å². The summed E-state index contributed by atoms with van der Waals surface area (Å²) in [4.78, 5) is 0. The van der Waals surface area contributed by atoms with E-state index < -0.39 is 0 Å². The van der Waals surface area contributed by atoms with E-state index in [2.05, 4.69) is 19.2 Å². The molecule has 1 rings (SSSR count). The number of ether oxygens (including phenoxy) is 2. The lowest BCUT2D eigenvalue weighted by molar-refractivity contribution is 0.141. The van der Waals surface area contributed by atoms with Crippen molar-refractivity contribution in [1.82, 2.24) is 0 Å². The summed E-state index contributed by atoms with van der Waals surface area (Å²) in [5, 5.41) is 3.31. The van der Waals surface area contributed by atoms with Gasteiger partial charge >= 0.3 is 0 Å². The molecule has 19 heavy (non-hydrogen) atoms. The van der Waals surface area contributed by atoms with Gasteiger partial charge in [0.15, 0.2) is 0 Å². The largest absolute Gasteiger partial charge is 0.491 e. The van der Waals surface area contributed by atoms with Crippen LogP contribution >= 0.6 is 0 Å². The van der Waals surface area contributed by atoms with Crippen molar-refractivity contribution in [3.05, 3.63) is 18.2 Å². The summed E-state index contributed by atoms with van der Waals surface area (Å²) in [5.74, 6) is 0.749. The van der Waals surface area contributed by atoms with E-state index in [1.807, 2.05) is 18.2 Å². The first-order valence-corrected chi connectivity index (χ1v) is 7.11. The predicted molar refractivity (Wildman–Crippen MR) is 80.9 cm³/mol. The molecular weight excluding hydrogens is 240 g/mol. The van der Waals surface area contributed by atoms with Crippen LogP contribution in [0.1, 0.15) is 33.1 Å². The first-order valence-electron chi connectivity index (χ1n) is 7.11. The minimum Gasteiger partial charge on any atom is -0.491 e. The quantitative estimate of drug-likeness (QED) is 0.504. The van der Waals surface area contributed by atoms with Gasteiger partial charge in [-0.3, -0.25) is 0 Å². The highest BCUT2D eigenvalue weighted by atomic mass is 16.5. The molecule has 0 radical (unpaired) electrons. The van der Waals surface area contributed by atoms with Gasteiger partial charge in [-0.1, -0.05) is 20.3 Å². The zero-order valence-electron chi connectivity index (χ0n) is 12.1. The molecule has 0 amide bonds. The Morgan fingerprint density at radius 2 is 1.95 bits per heavy atom. The van der Waals surface area contributed by atoms with Crippen molar-refractivity contribution >= 4 is 11.4 Å². The first kappa shape index (κ1) is 15.6. The van der Waals surface area contributed by atoms with Gasteiger partial charge in [-0.2, -0.15) is 0 Å². The summed E-state index contributed by atoms with van der Waals surface area (Å²) in [5.41, 5.74) is 7.55. The molecule has 0 unspecified atom stereocenters. The van der Waals surface area contributed by atoms with Gasteiger partial charge in [0.2, 0.25) is 0 Å². The van der Waals surface area contributed by atoms with Crippen molar-refractivity contribution in [1.29, 1.82) is 0 Å². The van der Waals surface area contributed by atoms with Gasteiger partial charge in [0.1, 0.15) is 5.75 Å². The van der Waals surface area contributed by atoms with Crippen LogP contribution in [0.5, 0.6) is 5.75 Å². The Morgan fingerprint density at radius 3 is 2.68 bits per heavy atom. The van der Waals surface area contributed by atoms with E-state index in [1.165, 1.54) is 6.42 Å². The van der Waals surface area contributed by atoms with E-state index in [-0.39, 0.29) is 0 Å². The van der Waals surface area contributed by atoms with Crippen LogP contribution in [0.4, 0.5) is 11.4 Å². The van der Waals surface area contributed by atoms with Gasteiger partial charge in [0, 0.05) is 24.9 Å². The van der Waals surface area contributed by atoms with Gasteiger partial charge < -0.3 is 20.5 Å². The second-order valence-corrected chi connectivity index (χ2v) is 4.49. The van der Waals surface area contributed by atoms with Crippen molar-refractivity contribution in [2.75, 3.05) is 37.4 Å². The van der Waals surface area contributed by atoms with Gasteiger partial charge in [-0.05, 0) is 25.0 Å². The Morgan fingerprint density at radius 1 is 1.11 bits per heavy atom. The van der Waals surface area contributed by atoms with Gasteiger partial charge in [-0.25, -0.2) is 0 Å². The van der Waals surface area contributed by atoms with Crippen LogP contribution in [0.25, 0.3) is 0 Å². The highest BCUT2D eigenvalue weighted by molar-refractivity contribution is 5.61. The molecule has 1 aromatic carbocycles. The summed E-state index contributed by atoms with van der Waals surface area (Å²) >= 11 is 0. The van der Waals surface area contributed by atoms with Crippen LogP contribution in [-0.4, -0.2) is 26.4 Å². The van der Waals surface area contributed by atoms with Gasteiger partial charge in [0.05, 0.1) is 18.9 Å². The summed E-state index contributed by atoms with van der Waals surface area (Å²) < 4.78 is 11.1. The summed E-state index contributed by atoms with van der Waals surface area (Å²) in [7, 11) is 0. The Labute approximate surface area is 116 Å². The van der Waals surface area contributed by atoms with E-state index in [0.29, 0.717) is 12.3 Å². The van der Waals surface area contributed by atoms with Crippen LogP contribution in [-0.2, 0) is 4.74 Å². The van der Waals surface area contributed by atoms with E-state index >= 15 is 0 Å². The third kappa shape index (κ3) is 6.34. The molecule has 0 aliphatic carbocycles. The second-order valence-electron chi connectivity index (χ2n) is 4.49. The van der Waals surface area contributed by atoms with Crippen LogP contribution in [0.2, 0.25) is 0 Å². The lowest BCUT2D eigenvalue weighted by atomic mass is 10.2. The molecule has 0 heterocycles. The molecule has 3 N–H and O–H groups in total. The average Bonchev–Trinajstić information content (AvgIpc) is 2.43. The van der Waals surface area contributed by atoms with Crippen molar-refractivity contribution in [3.63, 3.8) is 0 Å². The summed E-state index contributed by atoms with van der Waals surface area (Å²) in [6.07, 6.45) is 3.27. The Hall–Kier alpha value is -1.42. The maximum atomic E-state index is 5.86. The van der Waals surface area contributed by atoms with E-state index in [0.717, 1.165) is 44.0 Å². The van der Waals surface area contributed by atoms with E-state index in [1.54, 1.807) is 0 Å². The van der Waals surface area contributed by atoms with Crippen molar-refractivity contribution < 1.29 is 9.47 Å². The first-order chi connectivity index (χ1) is 9.27. The topological polar surface area (TPSA) is 56.5 Å². The fourth-order valence-electron chi connectivity index (χ4n) is 1.60. The molecule has 4 heteroatoms. The van der Waals surface area contributed by atoms with Crippen molar-refractivity contribution in [2.45, 2.75) is 33.1 Å². The van der Waals surface area contributed by atoms with Crippen LogP contribution in [0.15, 0.2) is 18.2 Å². The molecule has 1 aromatic rings. The number of benzene rings is 1. The summed E-state index contributed by atoms with van der Waals surface area (Å²) in [6.45, 7) is 7.27. The molecule has 0 atom stereocenters. The fraction of sp³-hybridized carbons (Fsp3) is 0.600. The molecule has 0 fully saturated rings. The molecule has 0 aliphatic heterocycles. The molecule has 0 aromatic heterocycles. The lowest BCUT2D eigenvalue weighted by Gasteiger charge is -2.11. The number of nitrogens with two attached hydrogens (primary N) is 1. The van der Waals surface area contributed by atoms with Crippen LogP contribution < -0.4 is 15.8 Å². The van der Waals surface area contributed by atoms with Crippen molar-refractivity contribution in [3.8, 4) is 5.75 Å². The minimum atomic E-state index is 0.679. The Kier molecular flexibility index (Phi) is 7.82. The molecule has 0 aliphatic rings. The highest BCUT2D eigenvalue weighted by Crippen LogP contribution is 2.25. The second kappa shape index (κ2) is 9.50. The van der Waals surface area contributed by atoms with E-state index in [4.69, 9.17) is 15.2 Å². The Balaban J connectivity index is 2.33. The number of hydrogen-bond acceptors (Lipinski definition) is 4. The number of anilines is 2. The fourth-order valence-corrected chi connectivity index (χ4v) is 1.60. The number of hydrogen-bond donors (Lipinski definition) is 2. The number of nitrogen functional groups attached to an aromatic ring is 1. The molecule has 0 spiro atoms. The molecular formula is C15H26N2O2. The number of rotatable bonds is 10. The zero-order valence-corrected chi connectivity index (χ0v) is 12.1. The Bertz CT molecular complexity index is 356. The average molecular weight is 266 g/mol. The zero-order chi connectivity index (χ0) is 13.9. The molecule has 0 bridgehead atoms. The third-order valence-corrected chi connectivity index (χ3v) is 2.69. The smallest absolute Gasteiger partial charge is 0.144 e. The maximum absolute atomic E-state index is 5.86. The predicted octanol–water partition coefficient (Wildman–Crippen LogP) is 3.29.